The molecule has 0 aliphatic rings. The normalized spacial score (nSPS) is 11.1. The minimum absolute atomic E-state index is 0.0340. The van der Waals surface area contributed by atoms with Gasteiger partial charge in [0.2, 0.25) is 5.91 Å². The second-order valence-corrected chi connectivity index (χ2v) is 7.39. The minimum atomic E-state index is -0.467. The maximum atomic E-state index is 13.2. The van der Waals surface area contributed by atoms with E-state index in [1.165, 1.54) is 24.4 Å². The van der Waals surface area contributed by atoms with Crippen LogP contribution >= 0.6 is 0 Å². The molecule has 8 heteroatoms. The number of carbonyl (C=O) groups is 2. The zero-order valence-electron chi connectivity index (χ0n) is 17.0. The second kappa shape index (κ2) is 8.43. The van der Waals surface area contributed by atoms with Crippen molar-refractivity contribution in [3.63, 3.8) is 0 Å². The van der Waals surface area contributed by atoms with Gasteiger partial charge in [-0.1, -0.05) is 0 Å². The first kappa shape index (κ1) is 20.3. The van der Waals surface area contributed by atoms with Gasteiger partial charge in [-0.2, -0.15) is 0 Å². The summed E-state index contributed by atoms with van der Waals surface area (Å²) < 4.78 is 15.0. The van der Waals surface area contributed by atoms with E-state index in [9.17, 15) is 14.0 Å². The fraction of sp³-hybridized carbons (Fsp3) is 0.174. The summed E-state index contributed by atoms with van der Waals surface area (Å²) in [5.74, 6) is -0.762. The highest BCUT2D eigenvalue weighted by atomic mass is 19.1. The molecule has 4 aromatic rings. The minimum Gasteiger partial charge on any atom is -0.344 e. The van der Waals surface area contributed by atoms with E-state index in [2.05, 4.69) is 20.3 Å². The van der Waals surface area contributed by atoms with Gasteiger partial charge >= 0.3 is 0 Å². The van der Waals surface area contributed by atoms with E-state index in [1.807, 2.05) is 30.7 Å². The molecule has 0 atom stereocenters. The van der Waals surface area contributed by atoms with Gasteiger partial charge in [0.25, 0.3) is 0 Å². The molecule has 31 heavy (non-hydrogen) atoms. The largest absolute Gasteiger partial charge is 0.344 e. The lowest BCUT2D eigenvalue weighted by Gasteiger charge is -2.08. The third-order valence-electron chi connectivity index (χ3n) is 4.86. The topological polar surface area (TPSA) is 89.8 Å². The van der Waals surface area contributed by atoms with Crippen LogP contribution in [0, 0.1) is 5.82 Å². The number of nitrogens with one attached hydrogen (secondary N) is 1. The number of fused-ring (bicyclic) bond motifs is 1. The molecule has 4 heterocycles. The number of carbonyl (C=O) groups excluding carboxylic acids is 2. The summed E-state index contributed by atoms with van der Waals surface area (Å²) in [6, 6.07) is 7.89. The monoisotopic (exact) mass is 417 g/mol. The highest BCUT2D eigenvalue weighted by Gasteiger charge is 2.19. The fourth-order valence-corrected chi connectivity index (χ4v) is 3.36. The Morgan fingerprint density at radius 1 is 1.10 bits per heavy atom. The number of hydrogen-bond donors (Lipinski definition) is 1. The Balaban J connectivity index is 1.57. The number of rotatable bonds is 6. The molecule has 0 aliphatic heterocycles. The molecule has 0 bridgehead atoms. The van der Waals surface area contributed by atoms with Gasteiger partial charge < -0.3 is 9.88 Å². The molecular weight excluding hydrogens is 397 g/mol. The lowest BCUT2D eigenvalue weighted by atomic mass is 10.0. The van der Waals surface area contributed by atoms with Gasteiger partial charge in [0.1, 0.15) is 11.6 Å². The number of hydrogen-bond acceptors (Lipinski definition) is 5. The van der Waals surface area contributed by atoms with E-state index < -0.39 is 5.82 Å². The van der Waals surface area contributed by atoms with Crippen molar-refractivity contribution in [2.45, 2.75) is 26.3 Å². The first-order valence-corrected chi connectivity index (χ1v) is 9.78. The molecule has 0 saturated carbocycles. The summed E-state index contributed by atoms with van der Waals surface area (Å²) in [6.45, 7) is 4.09. The summed E-state index contributed by atoms with van der Waals surface area (Å²) in [4.78, 5) is 37.7. The number of ketones is 1. The van der Waals surface area contributed by atoms with E-state index in [1.54, 1.807) is 18.5 Å². The van der Waals surface area contributed by atoms with Gasteiger partial charge in [-0.25, -0.2) is 9.37 Å². The Kier molecular flexibility index (Phi) is 5.53. The smallest absolute Gasteiger partial charge is 0.231 e. The van der Waals surface area contributed by atoms with Crippen LogP contribution in [0.5, 0.6) is 0 Å². The average molecular weight is 417 g/mol. The van der Waals surface area contributed by atoms with Crippen LogP contribution in [0.4, 0.5) is 10.2 Å². The van der Waals surface area contributed by atoms with Crippen molar-refractivity contribution < 1.29 is 14.0 Å². The van der Waals surface area contributed by atoms with Crippen LogP contribution in [0.2, 0.25) is 0 Å². The van der Waals surface area contributed by atoms with Gasteiger partial charge in [0, 0.05) is 53.0 Å². The number of halogens is 1. The SMILES string of the molecule is CC(C)n1cc(C(=O)c2ccnc(NC(=O)Cc3ccc(F)cn3)c2)c2cnccc21. The van der Waals surface area contributed by atoms with Crippen molar-refractivity contribution in [1.29, 1.82) is 0 Å². The molecule has 7 nitrogen and oxygen atoms in total. The van der Waals surface area contributed by atoms with Gasteiger partial charge in [-0.15, -0.1) is 0 Å². The summed E-state index contributed by atoms with van der Waals surface area (Å²) in [6.07, 6.45) is 7.71. The van der Waals surface area contributed by atoms with Crippen LogP contribution in [-0.2, 0) is 11.2 Å². The van der Waals surface area contributed by atoms with Gasteiger partial charge in [-0.3, -0.25) is 19.6 Å². The van der Waals surface area contributed by atoms with Crippen molar-refractivity contribution in [1.82, 2.24) is 19.5 Å². The first-order valence-electron chi connectivity index (χ1n) is 9.78. The zero-order valence-corrected chi connectivity index (χ0v) is 17.0. The Hall–Kier alpha value is -3.94. The number of pyridine rings is 3. The van der Waals surface area contributed by atoms with Crippen molar-refractivity contribution in [3.05, 3.63) is 84.0 Å². The van der Waals surface area contributed by atoms with Crippen LogP contribution < -0.4 is 5.32 Å². The van der Waals surface area contributed by atoms with Crippen LogP contribution in [0.1, 0.15) is 41.5 Å². The lowest BCUT2D eigenvalue weighted by molar-refractivity contribution is -0.115. The number of amides is 1. The number of nitrogens with zero attached hydrogens (tertiary/aromatic N) is 4. The van der Waals surface area contributed by atoms with Crippen LogP contribution in [-0.4, -0.2) is 31.2 Å². The van der Waals surface area contributed by atoms with Crippen molar-refractivity contribution in [2.24, 2.45) is 0 Å². The van der Waals surface area contributed by atoms with E-state index >= 15 is 0 Å². The number of anilines is 1. The van der Waals surface area contributed by atoms with Crippen LogP contribution in [0.3, 0.4) is 0 Å². The maximum Gasteiger partial charge on any atom is 0.231 e. The van der Waals surface area contributed by atoms with Gasteiger partial charge in [-0.05, 0) is 44.2 Å². The molecule has 0 spiro atoms. The quantitative estimate of drug-likeness (QED) is 0.480. The van der Waals surface area contributed by atoms with Crippen LogP contribution in [0.15, 0.2) is 61.3 Å². The molecule has 0 fully saturated rings. The van der Waals surface area contributed by atoms with Crippen molar-refractivity contribution in [2.75, 3.05) is 5.32 Å². The maximum absolute atomic E-state index is 13.2. The fourth-order valence-electron chi connectivity index (χ4n) is 3.36. The van der Waals surface area contributed by atoms with E-state index in [-0.39, 0.29) is 30.0 Å². The van der Waals surface area contributed by atoms with E-state index in [0.29, 0.717) is 16.8 Å². The zero-order chi connectivity index (χ0) is 22.0. The summed E-state index contributed by atoms with van der Waals surface area (Å²) in [5.41, 5.74) is 2.30. The Labute approximate surface area is 178 Å². The third-order valence-corrected chi connectivity index (χ3v) is 4.86. The standard InChI is InChI=1S/C23H20FN5O2/c1-14(2)29-13-19(18-12-25-7-6-20(18)29)23(31)15-5-8-26-21(9-15)28-22(30)10-17-4-3-16(24)11-27-17/h3-9,11-14H,10H2,1-2H3,(H,26,28,30). The molecule has 0 radical (unpaired) electrons. The molecule has 4 aromatic heterocycles. The Morgan fingerprint density at radius 2 is 1.94 bits per heavy atom. The molecule has 0 aromatic carbocycles. The van der Waals surface area contributed by atoms with Crippen LogP contribution in [0.25, 0.3) is 10.9 Å². The summed E-state index contributed by atoms with van der Waals surface area (Å²) in [5, 5.41) is 3.43. The third kappa shape index (κ3) is 4.32. The Morgan fingerprint density at radius 3 is 2.68 bits per heavy atom. The Bertz CT molecular complexity index is 1260. The molecule has 0 unspecified atom stereocenters. The second-order valence-electron chi connectivity index (χ2n) is 7.39. The lowest BCUT2D eigenvalue weighted by Crippen LogP contribution is -2.16. The molecule has 156 valence electrons. The first-order chi connectivity index (χ1) is 14.9. The summed E-state index contributed by atoms with van der Waals surface area (Å²) >= 11 is 0. The highest BCUT2D eigenvalue weighted by molar-refractivity contribution is 6.16. The summed E-state index contributed by atoms with van der Waals surface area (Å²) in [7, 11) is 0. The van der Waals surface area contributed by atoms with Crippen molar-refractivity contribution >= 4 is 28.4 Å². The average Bonchev–Trinajstić information content (AvgIpc) is 3.15. The van der Waals surface area contributed by atoms with E-state index in [0.717, 1.165) is 17.1 Å². The molecule has 1 N–H and O–H groups in total. The highest BCUT2D eigenvalue weighted by Crippen LogP contribution is 2.26. The molecular formula is C23H20FN5O2. The van der Waals surface area contributed by atoms with Crippen molar-refractivity contribution in [3.8, 4) is 0 Å². The molecule has 1 amide bonds. The van der Waals surface area contributed by atoms with Gasteiger partial charge in [0.05, 0.1) is 18.1 Å². The predicted molar refractivity (Wildman–Crippen MR) is 114 cm³/mol. The molecule has 0 aliphatic carbocycles. The molecule has 4 rings (SSSR count). The van der Waals surface area contributed by atoms with Gasteiger partial charge in [0.15, 0.2) is 5.78 Å². The van der Waals surface area contributed by atoms with E-state index in [4.69, 9.17) is 0 Å². The number of aromatic nitrogens is 4. The molecule has 0 saturated heterocycles. The predicted octanol–water partition coefficient (Wildman–Crippen LogP) is 3.96.